The quantitative estimate of drug-likeness (QED) is 0.795. The van der Waals surface area contributed by atoms with Crippen LogP contribution >= 0.6 is 38.5 Å². The largest absolute Gasteiger partial charge is 0.388 e. The Kier molecular flexibility index (Phi) is 4.22. The summed E-state index contributed by atoms with van der Waals surface area (Å²) in [4.78, 5) is 4.22. The van der Waals surface area contributed by atoms with E-state index in [4.69, 9.17) is 0 Å². The first-order valence-corrected chi connectivity index (χ1v) is 7.04. The minimum atomic E-state index is -0.527. The number of benzene rings is 1. The lowest BCUT2D eigenvalue weighted by molar-refractivity contribution is 0.174. The van der Waals surface area contributed by atoms with Crippen LogP contribution in [0.3, 0.4) is 0 Å². The van der Waals surface area contributed by atoms with Gasteiger partial charge in [0, 0.05) is 33.9 Å². The third-order valence-corrected chi connectivity index (χ3v) is 4.09. The minimum absolute atomic E-state index is 0.524. The van der Waals surface area contributed by atoms with E-state index in [1.165, 1.54) is 0 Å². The van der Waals surface area contributed by atoms with Crippen molar-refractivity contribution in [3.8, 4) is 0 Å². The Labute approximate surface area is 122 Å². The van der Waals surface area contributed by atoms with Crippen LogP contribution in [0.4, 0.5) is 0 Å². The average Bonchev–Trinajstić information content (AvgIpc) is 2.68. The van der Waals surface area contributed by atoms with Crippen LogP contribution in [0.1, 0.15) is 17.5 Å². The lowest BCUT2D eigenvalue weighted by atomic mass is 10.1. The summed E-state index contributed by atoms with van der Waals surface area (Å²) in [7, 11) is 1.93. The number of aliphatic hydroxyl groups excluding tert-OH is 1. The molecule has 2 aromatic rings. The number of nitrogens with zero attached hydrogens (tertiary/aromatic N) is 2. The molecule has 0 aliphatic rings. The van der Waals surface area contributed by atoms with Gasteiger partial charge in [-0.05, 0) is 46.4 Å². The number of imidazole rings is 1. The summed E-state index contributed by atoms with van der Waals surface area (Å²) in [5.74, 6) is 0.883. The van der Waals surface area contributed by atoms with Crippen molar-refractivity contribution in [1.29, 1.82) is 0 Å². The van der Waals surface area contributed by atoms with E-state index < -0.39 is 6.10 Å². The smallest absolute Gasteiger partial charge is 0.111 e. The maximum atomic E-state index is 10.2. The molecule has 0 amide bonds. The Morgan fingerprint density at radius 3 is 2.94 bits per heavy atom. The van der Waals surface area contributed by atoms with Crippen LogP contribution in [0, 0.1) is 3.57 Å². The topological polar surface area (TPSA) is 38.0 Å². The van der Waals surface area contributed by atoms with Gasteiger partial charge < -0.3 is 9.67 Å². The normalized spacial score (nSPS) is 12.7. The SMILES string of the molecule is Cn1ccnc1CC(O)c1cc(Br)ccc1I. The van der Waals surface area contributed by atoms with Gasteiger partial charge >= 0.3 is 0 Å². The predicted molar refractivity (Wildman–Crippen MR) is 78.7 cm³/mol. The number of halogens is 2. The molecule has 0 aliphatic carbocycles. The van der Waals surface area contributed by atoms with E-state index >= 15 is 0 Å². The number of aromatic nitrogens is 2. The molecule has 1 N–H and O–H groups in total. The fourth-order valence-corrected chi connectivity index (χ4v) is 2.72. The van der Waals surface area contributed by atoms with Crippen molar-refractivity contribution in [2.45, 2.75) is 12.5 Å². The van der Waals surface area contributed by atoms with Crippen LogP contribution in [0.5, 0.6) is 0 Å². The maximum Gasteiger partial charge on any atom is 0.111 e. The molecule has 0 saturated heterocycles. The first kappa shape index (κ1) is 13.0. The first-order chi connectivity index (χ1) is 8.08. The molecular weight excluding hydrogens is 395 g/mol. The van der Waals surface area contributed by atoms with E-state index in [0.29, 0.717) is 6.42 Å². The summed E-state index contributed by atoms with van der Waals surface area (Å²) >= 11 is 5.66. The summed E-state index contributed by atoms with van der Waals surface area (Å²) in [6, 6.07) is 5.91. The van der Waals surface area contributed by atoms with Crippen molar-refractivity contribution >= 4 is 38.5 Å². The van der Waals surface area contributed by atoms with Gasteiger partial charge in [-0.2, -0.15) is 0 Å². The van der Waals surface area contributed by atoms with Gasteiger partial charge in [0.25, 0.3) is 0 Å². The molecule has 0 fully saturated rings. The van der Waals surface area contributed by atoms with Gasteiger partial charge in [-0.1, -0.05) is 15.9 Å². The van der Waals surface area contributed by atoms with E-state index in [9.17, 15) is 5.11 Å². The van der Waals surface area contributed by atoms with Gasteiger partial charge in [0.2, 0.25) is 0 Å². The van der Waals surface area contributed by atoms with Gasteiger partial charge in [0.05, 0.1) is 6.10 Å². The molecule has 1 aromatic heterocycles. The molecular formula is C12H12BrIN2O. The Morgan fingerprint density at radius 1 is 1.53 bits per heavy atom. The summed E-state index contributed by atoms with van der Waals surface area (Å²) in [5, 5.41) is 10.2. The van der Waals surface area contributed by atoms with Crippen molar-refractivity contribution in [1.82, 2.24) is 9.55 Å². The molecule has 90 valence electrons. The number of hydrogen-bond donors (Lipinski definition) is 1. The maximum absolute atomic E-state index is 10.2. The Hall–Kier alpha value is -0.400. The standard InChI is InChI=1S/C12H12BrIN2O/c1-16-5-4-15-12(16)7-11(17)9-6-8(13)2-3-10(9)14/h2-6,11,17H,7H2,1H3. The summed E-state index contributed by atoms with van der Waals surface area (Å²) in [5.41, 5.74) is 0.933. The second kappa shape index (κ2) is 5.49. The molecule has 3 nitrogen and oxygen atoms in total. The van der Waals surface area contributed by atoms with Crippen LogP contribution in [-0.4, -0.2) is 14.7 Å². The number of aryl methyl sites for hydroxylation is 1. The Morgan fingerprint density at radius 2 is 2.29 bits per heavy atom. The monoisotopic (exact) mass is 406 g/mol. The number of rotatable bonds is 3. The molecule has 17 heavy (non-hydrogen) atoms. The molecule has 0 radical (unpaired) electrons. The van der Waals surface area contributed by atoms with Crippen LogP contribution < -0.4 is 0 Å². The van der Waals surface area contributed by atoms with E-state index in [1.807, 2.05) is 36.0 Å². The molecule has 1 unspecified atom stereocenters. The van der Waals surface area contributed by atoms with Crippen molar-refractivity contribution in [2.75, 3.05) is 0 Å². The lowest BCUT2D eigenvalue weighted by Crippen LogP contribution is -2.08. The molecule has 5 heteroatoms. The second-order valence-electron chi connectivity index (χ2n) is 3.84. The van der Waals surface area contributed by atoms with E-state index in [0.717, 1.165) is 19.4 Å². The number of hydrogen-bond acceptors (Lipinski definition) is 2. The first-order valence-electron chi connectivity index (χ1n) is 5.17. The summed E-state index contributed by atoms with van der Waals surface area (Å²) in [6.45, 7) is 0. The molecule has 1 heterocycles. The van der Waals surface area contributed by atoms with E-state index in [1.54, 1.807) is 6.20 Å². The molecule has 2 rings (SSSR count). The van der Waals surface area contributed by atoms with Gasteiger partial charge in [-0.25, -0.2) is 4.98 Å². The molecule has 0 saturated carbocycles. The third kappa shape index (κ3) is 3.08. The van der Waals surface area contributed by atoms with Crippen LogP contribution in [-0.2, 0) is 13.5 Å². The van der Waals surface area contributed by atoms with Crippen molar-refractivity contribution in [2.24, 2.45) is 7.05 Å². The molecule has 0 bridgehead atoms. The van der Waals surface area contributed by atoms with Crippen molar-refractivity contribution in [3.63, 3.8) is 0 Å². The third-order valence-electron chi connectivity index (χ3n) is 2.61. The fourth-order valence-electron chi connectivity index (χ4n) is 1.65. The van der Waals surface area contributed by atoms with Crippen molar-refractivity contribution in [3.05, 3.63) is 50.0 Å². The summed E-state index contributed by atoms with van der Waals surface area (Å²) in [6.07, 6.45) is 3.62. The highest BCUT2D eigenvalue weighted by atomic mass is 127. The van der Waals surface area contributed by atoms with Gasteiger partial charge in [-0.3, -0.25) is 0 Å². The van der Waals surface area contributed by atoms with Crippen molar-refractivity contribution < 1.29 is 5.11 Å². The zero-order chi connectivity index (χ0) is 12.4. The van der Waals surface area contributed by atoms with E-state index in [-0.39, 0.29) is 0 Å². The second-order valence-corrected chi connectivity index (χ2v) is 5.92. The fraction of sp³-hybridized carbons (Fsp3) is 0.250. The molecule has 0 spiro atoms. The van der Waals surface area contributed by atoms with Gasteiger partial charge in [-0.15, -0.1) is 0 Å². The van der Waals surface area contributed by atoms with Gasteiger partial charge in [0.15, 0.2) is 0 Å². The highest BCUT2D eigenvalue weighted by Crippen LogP contribution is 2.26. The molecule has 1 aromatic carbocycles. The Balaban J connectivity index is 2.23. The van der Waals surface area contributed by atoms with Crippen LogP contribution in [0.15, 0.2) is 35.1 Å². The molecule has 0 aliphatic heterocycles. The highest BCUT2D eigenvalue weighted by Gasteiger charge is 2.14. The molecule has 1 atom stereocenters. The zero-order valence-corrected chi connectivity index (χ0v) is 13.0. The predicted octanol–water partition coefficient (Wildman–Crippen LogP) is 3.06. The van der Waals surface area contributed by atoms with Gasteiger partial charge in [0.1, 0.15) is 5.82 Å². The van der Waals surface area contributed by atoms with Crippen LogP contribution in [0.25, 0.3) is 0 Å². The number of aliphatic hydroxyl groups is 1. The lowest BCUT2D eigenvalue weighted by Gasteiger charge is -2.13. The zero-order valence-electron chi connectivity index (χ0n) is 9.27. The summed E-state index contributed by atoms with van der Waals surface area (Å²) < 4.78 is 3.97. The highest BCUT2D eigenvalue weighted by molar-refractivity contribution is 14.1. The Bertz CT molecular complexity index is 527. The average molecular weight is 407 g/mol. The van der Waals surface area contributed by atoms with Crippen LogP contribution in [0.2, 0.25) is 0 Å². The van der Waals surface area contributed by atoms with E-state index in [2.05, 4.69) is 43.5 Å². The minimum Gasteiger partial charge on any atom is -0.388 e.